The van der Waals surface area contributed by atoms with Crippen molar-refractivity contribution in [2.45, 2.75) is 125 Å². The first-order valence-corrected chi connectivity index (χ1v) is 17.0. The number of hydrogen-bond donors (Lipinski definition) is 7. The Morgan fingerprint density at radius 2 is 1.32 bits per heavy atom. The molecule has 0 spiro atoms. The molecule has 5 amide bonds. The molecule has 1 rings (SSSR count). The number of rotatable bonds is 21. The third kappa shape index (κ3) is 15.6. The van der Waals surface area contributed by atoms with Crippen molar-refractivity contribution in [3.8, 4) is 0 Å². The van der Waals surface area contributed by atoms with Crippen LogP contribution < -0.4 is 36.6 Å². The molecule has 47 heavy (non-hydrogen) atoms. The van der Waals surface area contributed by atoms with Crippen molar-refractivity contribution in [1.29, 1.82) is 0 Å². The van der Waals surface area contributed by atoms with Crippen molar-refractivity contribution < 1.29 is 33.9 Å². The Kier molecular flexibility index (Phi) is 18.6. The number of pyridine rings is 1. The molecule has 0 bridgehead atoms. The third-order valence-corrected chi connectivity index (χ3v) is 7.70. The van der Waals surface area contributed by atoms with E-state index in [4.69, 9.17) is 0 Å². The van der Waals surface area contributed by atoms with Crippen LogP contribution in [0.4, 0.5) is 0 Å². The van der Waals surface area contributed by atoms with Crippen LogP contribution in [0.3, 0.4) is 0 Å². The Hall–Kier alpha value is -3.74. The lowest BCUT2D eigenvalue weighted by Crippen LogP contribution is -2.57. The van der Waals surface area contributed by atoms with Gasteiger partial charge in [-0.3, -0.25) is 29.2 Å². The normalized spacial score (nSPS) is 14.6. The number of carbonyl (C=O) groups excluding carboxylic acids is 5. The van der Waals surface area contributed by atoms with E-state index in [2.05, 4.69) is 31.9 Å². The fourth-order valence-corrected chi connectivity index (χ4v) is 4.98. The highest BCUT2D eigenvalue weighted by Crippen LogP contribution is 2.11. The minimum absolute atomic E-state index is 0.0958. The molecule has 1 aromatic heterocycles. The van der Waals surface area contributed by atoms with Gasteiger partial charge in [-0.1, -0.05) is 54.9 Å². The number of nitrogens with zero attached hydrogens (tertiary/aromatic N) is 1. The molecule has 0 aliphatic carbocycles. The van der Waals surface area contributed by atoms with E-state index in [1.54, 1.807) is 6.92 Å². The summed E-state index contributed by atoms with van der Waals surface area (Å²) in [4.78, 5) is 65.4. The average molecular weight is 663 g/mol. The van der Waals surface area contributed by atoms with Crippen LogP contribution in [0, 0.1) is 17.8 Å². The molecule has 3 unspecified atom stereocenters. The molecule has 0 aliphatic heterocycles. The van der Waals surface area contributed by atoms with Crippen LogP contribution in [-0.4, -0.2) is 78.0 Å². The van der Waals surface area contributed by atoms with E-state index in [0.717, 1.165) is 4.73 Å². The van der Waals surface area contributed by atoms with Gasteiger partial charge in [-0.2, -0.15) is 0 Å². The maximum Gasteiger partial charge on any atom is 0.252 e. The maximum atomic E-state index is 13.6. The van der Waals surface area contributed by atoms with Crippen molar-refractivity contribution in [2.24, 2.45) is 17.8 Å². The number of likely N-dealkylation sites (N-methyl/N-ethyl adjacent to an activating group) is 1. The van der Waals surface area contributed by atoms with Gasteiger partial charge >= 0.3 is 0 Å². The second-order valence-corrected chi connectivity index (χ2v) is 13.4. The minimum atomic E-state index is -0.861. The zero-order chi connectivity index (χ0) is 35.7. The summed E-state index contributed by atoms with van der Waals surface area (Å²) in [5.74, 6) is -1.37. The van der Waals surface area contributed by atoms with Gasteiger partial charge in [0.05, 0.1) is 11.6 Å². The number of carbonyl (C=O) groups is 5. The summed E-state index contributed by atoms with van der Waals surface area (Å²) >= 11 is 0. The molecule has 0 fully saturated rings. The van der Waals surface area contributed by atoms with E-state index in [-0.39, 0.29) is 41.2 Å². The van der Waals surface area contributed by atoms with Crippen LogP contribution in [-0.2, 0) is 19.2 Å². The third-order valence-electron chi connectivity index (χ3n) is 7.70. The minimum Gasteiger partial charge on any atom is -0.355 e. The molecule has 0 aliphatic rings. The number of hydrogen-bond acceptors (Lipinski definition) is 7. The predicted molar refractivity (Wildman–Crippen MR) is 180 cm³/mol. The molecular weight excluding hydrogens is 602 g/mol. The average Bonchev–Trinajstić information content (AvgIpc) is 2.99. The van der Waals surface area contributed by atoms with Gasteiger partial charge in [0.2, 0.25) is 36.0 Å². The van der Waals surface area contributed by atoms with Crippen molar-refractivity contribution in [1.82, 2.24) is 31.9 Å². The molecule has 0 radical (unpaired) electrons. The van der Waals surface area contributed by atoms with Crippen LogP contribution in [0.2, 0.25) is 0 Å². The summed E-state index contributed by atoms with van der Waals surface area (Å²) in [7, 11) is 0. The Balaban J connectivity index is 2.98. The second kappa shape index (κ2) is 21.2. The smallest absolute Gasteiger partial charge is 0.252 e. The molecule has 13 heteroatoms. The van der Waals surface area contributed by atoms with Gasteiger partial charge in [0, 0.05) is 36.0 Å². The molecular formula is C34H60N7O6+. The Bertz CT molecular complexity index is 1140. The predicted octanol–water partition coefficient (Wildman–Crippen LogP) is 1.82. The summed E-state index contributed by atoms with van der Waals surface area (Å²) in [5.41, 5.74) is 0.288. The fourth-order valence-electron chi connectivity index (χ4n) is 4.98. The van der Waals surface area contributed by atoms with E-state index < -0.39 is 36.0 Å². The molecule has 1 aromatic rings. The molecule has 7 N–H and O–H groups in total. The maximum absolute atomic E-state index is 13.6. The van der Waals surface area contributed by atoms with Gasteiger partial charge in [0.25, 0.3) is 5.91 Å². The number of nitrogens with one attached hydrogen (secondary N) is 6. The molecule has 0 saturated heterocycles. The molecule has 1 heterocycles. The lowest BCUT2D eigenvalue weighted by Gasteiger charge is -2.28. The van der Waals surface area contributed by atoms with Gasteiger partial charge in [-0.25, -0.2) is 0 Å². The highest BCUT2D eigenvalue weighted by Gasteiger charge is 2.29. The molecule has 266 valence electrons. The van der Waals surface area contributed by atoms with Gasteiger partial charge in [-0.05, 0) is 57.3 Å². The lowest BCUT2D eigenvalue weighted by atomic mass is 10.0. The van der Waals surface area contributed by atoms with Crippen molar-refractivity contribution >= 4 is 29.5 Å². The quantitative estimate of drug-likeness (QED) is 0.0774. The van der Waals surface area contributed by atoms with Gasteiger partial charge in [0.1, 0.15) is 18.1 Å². The van der Waals surface area contributed by atoms with Crippen molar-refractivity contribution in [3.05, 3.63) is 30.1 Å². The van der Waals surface area contributed by atoms with Gasteiger partial charge < -0.3 is 31.9 Å². The first-order chi connectivity index (χ1) is 22.1. The SMILES string of the molecule is CCC[C@H](NC(=O)C(CCC(C)C)NC(=O)c1cc[n+](O)cc1)C(=O)NC(CN[C@@H](C)C(=O)NC(C(=O)NCC)C(C)C)CC(C)C. The van der Waals surface area contributed by atoms with Crippen LogP contribution in [0.25, 0.3) is 0 Å². The van der Waals surface area contributed by atoms with Crippen molar-refractivity contribution in [2.75, 3.05) is 13.1 Å². The van der Waals surface area contributed by atoms with Gasteiger partial charge in [-0.15, -0.1) is 0 Å². The van der Waals surface area contributed by atoms with Crippen LogP contribution in [0.15, 0.2) is 24.5 Å². The lowest BCUT2D eigenvalue weighted by molar-refractivity contribution is -0.904. The summed E-state index contributed by atoms with van der Waals surface area (Å²) in [6, 6.07) is -0.414. The summed E-state index contributed by atoms with van der Waals surface area (Å²) < 4.78 is 0.821. The standard InChI is InChI=1S/C34H59N7O6/c1-10-12-27(39-33(45)28(14-13-21(3)4)38-31(43)25-15-17-41(47)18-16-25)32(44)37-26(19-22(5)6)20-36-24(9)30(42)40-29(23(7)8)34(46)35-11-2/h15-18,21-24,26-29,36H,10-14,19-20H2,1-9H3,(H5-,35,37,38,39,40,42,43,44,45,46,47)/p+1/t24-,26?,27-,28?,29?/m0/s1. The molecule has 5 atom stereocenters. The van der Waals surface area contributed by atoms with E-state index >= 15 is 0 Å². The van der Waals surface area contributed by atoms with E-state index in [0.29, 0.717) is 51.1 Å². The largest absolute Gasteiger partial charge is 0.355 e. The first-order valence-electron chi connectivity index (χ1n) is 17.0. The van der Waals surface area contributed by atoms with Crippen LogP contribution in [0.1, 0.15) is 105 Å². The summed E-state index contributed by atoms with van der Waals surface area (Å²) in [6.07, 6.45) is 5.39. The fraction of sp³-hybridized carbons (Fsp3) is 0.706. The Morgan fingerprint density at radius 3 is 1.85 bits per heavy atom. The van der Waals surface area contributed by atoms with Gasteiger partial charge in [0.15, 0.2) is 0 Å². The van der Waals surface area contributed by atoms with E-state index in [9.17, 15) is 29.2 Å². The monoisotopic (exact) mass is 662 g/mol. The second-order valence-electron chi connectivity index (χ2n) is 13.4. The summed E-state index contributed by atoms with van der Waals surface area (Å²) in [5, 5.41) is 27.0. The van der Waals surface area contributed by atoms with Crippen LogP contribution in [0.5, 0.6) is 0 Å². The van der Waals surface area contributed by atoms with E-state index in [1.807, 2.05) is 55.4 Å². The van der Waals surface area contributed by atoms with Crippen molar-refractivity contribution in [3.63, 3.8) is 0 Å². The zero-order valence-electron chi connectivity index (χ0n) is 29.8. The highest BCUT2D eigenvalue weighted by atomic mass is 16.5. The molecule has 13 nitrogen and oxygen atoms in total. The number of aromatic nitrogens is 1. The van der Waals surface area contributed by atoms with E-state index in [1.165, 1.54) is 24.5 Å². The topological polar surface area (TPSA) is 182 Å². The number of amides is 5. The molecule has 0 aromatic carbocycles. The van der Waals surface area contributed by atoms with Crippen LogP contribution >= 0.6 is 0 Å². The zero-order valence-corrected chi connectivity index (χ0v) is 29.8. The Morgan fingerprint density at radius 1 is 0.723 bits per heavy atom. The Labute approximate surface area is 280 Å². The first kappa shape index (κ1) is 41.3. The molecule has 0 saturated carbocycles. The summed E-state index contributed by atoms with van der Waals surface area (Å²) in [6.45, 7) is 18.1. The highest BCUT2D eigenvalue weighted by molar-refractivity contribution is 5.98.